The second kappa shape index (κ2) is 8.06. The van der Waals surface area contributed by atoms with E-state index in [-0.39, 0.29) is 11.6 Å². The number of urea groups is 1. The Balaban J connectivity index is 1.95. The molecular formula is C16H16Cl2N2O3. The Bertz CT molecular complexity index is 695. The zero-order valence-corrected chi connectivity index (χ0v) is 13.9. The normalized spacial score (nSPS) is 11.7. The van der Waals surface area contributed by atoms with Gasteiger partial charge in [-0.2, -0.15) is 0 Å². The fraction of sp³-hybridized carbons (Fsp3) is 0.188. The van der Waals surface area contributed by atoms with Crippen LogP contribution in [0.1, 0.15) is 11.7 Å². The van der Waals surface area contributed by atoms with Crippen molar-refractivity contribution in [1.82, 2.24) is 5.32 Å². The molecule has 2 aromatic carbocycles. The highest BCUT2D eigenvalue weighted by Gasteiger charge is 2.14. The number of rotatable bonds is 5. The van der Waals surface area contributed by atoms with Gasteiger partial charge in [-0.15, -0.1) is 0 Å². The highest BCUT2D eigenvalue weighted by molar-refractivity contribution is 6.43. The van der Waals surface area contributed by atoms with E-state index in [0.717, 1.165) is 0 Å². The molecule has 0 bridgehead atoms. The van der Waals surface area contributed by atoms with Crippen molar-refractivity contribution < 1.29 is 14.6 Å². The number of hydrogen-bond donors (Lipinski definition) is 3. The van der Waals surface area contributed by atoms with Gasteiger partial charge in [0.15, 0.2) is 0 Å². The molecule has 122 valence electrons. The van der Waals surface area contributed by atoms with E-state index in [4.69, 9.17) is 27.9 Å². The summed E-state index contributed by atoms with van der Waals surface area (Å²) in [6, 6.07) is 11.5. The summed E-state index contributed by atoms with van der Waals surface area (Å²) in [5.74, 6) is 0.556. The average molecular weight is 355 g/mol. The van der Waals surface area contributed by atoms with Gasteiger partial charge in [0.1, 0.15) is 5.75 Å². The van der Waals surface area contributed by atoms with Gasteiger partial charge in [-0.3, -0.25) is 0 Å². The number of halogens is 2. The molecule has 0 aliphatic heterocycles. The van der Waals surface area contributed by atoms with Crippen molar-refractivity contribution in [2.45, 2.75) is 6.10 Å². The number of aliphatic hydroxyl groups is 1. The van der Waals surface area contributed by atoms with Crippen LogP contribution in [-0.2, 0) is 0 Å². The van der Waals surface area contributed by atoms with Crippen molar-refractivity contribution >= 4 is 34.9 Å². The van der Waals surface area contributed by atoms with Crippen LogP contribution in [0.15, 0.2) is 42.5 Å². The standard InChI is InChI=1S/C16H16Cl2N2O3/c1-23-14-8-3-2-5-10(14)13(21)9-19-16(22)20-12-7-4-6-11(17)15(12)18/h2-8,13,21H,9H2,1H3,(H2,19,20,22)/t13-/m0/s1. The Morgan fingerprint density at radius 1 is 1.22 bits per heavy atom. The van der Waals surface area contributed by atoms with Crippen LogP contribution in [0, 0.1) is 0 Å². The van der Waals surface area contributed by atoms with Crippen molar-refractivity contribution in [3.05, 3.63) is 58.1 Å². The number of anilines is 1. The number of carbonyl (C=O) groups is 1. The Morgan fingerprint density at radius 3 is 2.70 bits per heavy atom. The number of amides is 2. The smallest absolute Gasteiger partial charge is 0.319 e. The topological polar surface area (TPSA) is 70.6 Å². The van der Waals surface area contributed by atoms with E-state index in [9.17, 15) is 9.90 Å². The summed E-state index contributed by atoms with van der Waals surface area (Å²) in [6.07, 6.45) is -0.897. The molecule has 2 rings (SSSR count). The van der Waals surface area contributed by atoms with Crippen LogP contribution in [0.3, 0.4) is 0 Å². The molecule has 0 saturated carbocycles. The summed E-state index contributed by atoms with van der Waals surface area (Å²) in [5, 5.41) is 15.9. The molecule has 0 saturated heterocycles. The first-order chi connectivity index (χ1) is 11.0. The van der Waals surface area contributed by atoms with Gasteiger partial charge in [-0.05, 0) is 18.2 Å². The quantitative estimate of drug-likeness (QED) is 0.763. The molecule has 0 heterocycles. The lowest BCUT2D eigenvalue weighted by Gasteiger charge is -2.16. The largest absolute Gasteiger partial charge is 0.496 e. The number of hydrogen-bond acceptors (Lipinski definition) is 3. The lowest BCUT2D eigenvalue weighted by atomic mass is 10.1. The van der Waals surface area contributed by atoms with Gasteiger partial charge in [0.25, 0.3) is 0 Å². The number of methoxy groups -OCH3 is 1. The van der Waals surface area contributed by atoms with Crippen LogP contribution >= 0.6 is 23.2 Å². The minimum Gasteiger partial charge on any atom is -0.496 e. The third-order valence-corrected chi connectivity index (χ3v) is 3.97. The molecule has 0 radical (unpaired) electrons. The molecule has 1 atom stereocenters. The number of para-hydroxylation sites is 1. The molecule has 2 aromatic rings. The maximum atomic E-state index is 11.9. The predicted molar refractivity (Wildman–Crippen MR) is 91.4 cm³/mol. The number of ether oxygens (including phenoxy) is 1. The molecule has 5 nitrogen and oxygen atoms in total. The Morgan fingerprint density at radius 2 is 1.96 bits per heavy atom. The summed E-state index contributed by atoms with van der Waals surface area (Å²) in [5.41, 5.74) is 0.986. The van der Waals surface area contributed by atoms with Crippen molar-refractivity contribution in [2.24, 2.45) is 0 Å². The predicted octanol–water partition coefficient (Wildman–Crippen LogP) is 3.86. The Labute approximate surface area is 144 Å². The maximum Gasteiger partial charge on any atom is 0.319 e. The monoisotopic (exact) mass is 354 g/mol. The van der Waals surface area contributed by atoms with Crippen LogP contribution in [0.2, 0.25) is 10.0 Å². The van der Waals surface area contributed by atoms with E-state index in [1.54, 1.807) is 42.5 Å². The van der Waals surface area contributed by atoms with Gasteiger partial charge in [-0.1, -0.05) is 47.5 Å². The first-order valence-corrected chi connectivity index (χ1v) is 7.58. The lowest BCUT2D eigenvalue weighted by molar-refractivity contribution is 0.171. The highest BCUT2D eigenvalue weighted by Crippen LogP contribution is 2.29. The number of benzene rings is 2. The molecule has 0 aliphatic rings. The molecule has 0 spiro atoms. The van der Waals surface area contributed by atoms with E-state index >= 15 is 0 Å². The average Bonchev–Trinajstić information content (AvgIpc) is 2.56. The van der Waals surface area contributed by atoms with E-state index < -0.39 is 12.1 Å². The summed E-state index contributed by atoms with van der Waals surface area (Å²) >= 11 is 11.9. The molecular weight excluding hydrogens is 339 g/mol. The van der Waals surface area contributed by atoms with Crippen molar-refractivity contribution in [1.29, 1.82) is 0 Å². The van der Waals surface area contributed by atoms with Crippen LogP contribution in [-0.4, -0.2) is 24.8 Å². The van der Waals surface area contributed by atoms with Crippen LogP contribution in [0.4, 0.5) is 10.5 Å². The molecule has 0 aliphatic carbocycles. The molecule has 23 heavy (non-hydrogen) atoms. The molecule has 0 fully saturated rings. The van der Waals surface area contributed by atoms with Gasteiger partial charge in [0.05, 0.1) is 28.9 Å². The van der Waals surface area contributed by atoms with Crippen molar-refractivity contribution in [3.63, 3.8) is 0 Å². The summed E-state index contributed by atoms with van der Waals surface area (Å²) in [4.78, 5) is 11.9. The first-order valence-electron chi connectivity index (χ1n) is 6.82. The van der Waals surface area contributed by atoms with E-state index in [2.05, 4.69) is 10.6 Å². The first kappa shape index (κ1) is 17.4. The number of carbonyl (C=O) groups excluding carboxylic acids is 1. The van der Waals surface area contributed by atoms with Gasteiger partial charge in [-0.25, -0.2) is 4.79 Å². The fourth-order valence-electron chi connectivity index (χ4n) is 2.01. The van der Waals surface area contributed by atoms with Gasteiger partial charge in [0, 0.05) is 12.1 Å². The lowest BCUT2D eigenvalue weighted by Crippen LogP contribution is -2.32. The highest BCUT2D eigenvalue weighted by atomic mass is 35.5. The summed E-state index contributed by atoms with van der Waals surface area (Å²) in [7, 11) is 1.52. The van der Waals surface area contributed by atoms with Crippen molar-refractivity contribution in [3.8, 4) is 5.75 Å². The van der Waals surface area contributed by atoms with Gasteiger partial charge >= 0.3 is 6.03 Å². The maximum absolute atomic E-state index is 11.9. The summed E-state index contributed by atoms with van der Waals surface area (Å²) in [6.45, 7) is 0.0182. The molecule has 3 N–H and O–H groups in total. The van der Waals surface area contributed by atoms with E-state index in [1.165, 1.54) is 7.11 Å². The van der Waals surface area contributed by atoms with Gasteiger partial charge in [0.2, 0.25) is 0 Å². The molecule has 0 unspecified atom stereocenters. The second-order valence-corrected chi connectivity index (χ2v) is 5.48. The molecule has 7 heteroatoms. The van der Waals surface area contributed by atoms with Gasteiger partial charge < -0.3 is 20.5 Å². The Kier molecular flexibility index (Phi) is 6.10. The zero-order chi connectivity index (χ0) is 16.8. The number of nitrogens with one attached hydrogen (secondary N) is 2. The van der Waals surface area contributed by atoms with Crippen LogP contribution in [0.25, 0.3) is 0 Å². The Hall–Kier alpha value is -1.95. The minimum atomic E-state index is -0.897. The third-order valence-electron chi connectivity index (χ3n) is 3.15. The van der Waals surface area contributed by atoms with Crippen molar-refractivity contribution in [2.75, 3.05) is 19.0 Å². The van der Waals surface area contributed by atoms with E-state index in [1.807, 2.05) is 0 Å². The molecule has 0 aromatic heterocycles. The number of aliphatic hydroxyl groups excluding tert-OH is 1. The van der Waals surface area contributed by atoms with E-state index in [0.29, 0.717) is 22.0 Å². The van der Waals surface area contributed by atoms with Crippen LogP contribution in [0.5, 0.6) is 5.75 Å². The SMILES string of the molecule is COc1ccccc1[C@@H](O)CNC(=O)Nc1cccc(Cl)c1Cl. The molecule has 2 amide bonds. The zero-order valence-electron chi connectivity index (χ0n) is 12.3. The fourth-order valence-corrected chi connectivity index (χ4v) is 2.36. The summed E-state index contributed by atoms with van der Waals surface area (Å²) < 4.78 is 5.18. The van der Waals surface area contributed by atoms with Crippen LogP contribution < -0.4 is 15.4 Å². The third kappa shape index (κ3) is 4.51. The second-order valence-electron chi connectivity index (χ2n) is 4.69. The minimum absolute atomic E-state index is 0.0182.